The van der Waals surface area contributed by atoms with E-state index in [4.69, 9.17) is 10.8 Å². The first-order valence-electron chi connectivity index (χ1n) is 4.93. The smallest absolute Gasteiger partial charge is 0.323 e. The maximum Gasteiger partial charge on any atom is 0.323 e. The summed E-state index contributed by atoms with van der Waals surface area (Å²) in [7, 11) is 0. The van der Waals surface area contributed by atoms with Crippen molar-refractivity contribution in [2.24, 2.45) is 5.73 Å². The zero-order chi connectivity index (χ0) is 13.1. The lowest BCUT2D eigenvalue weighted by atomic mass is 10.0. The van der Waals surface area contributed by atoms with Crippen LogP contribution in [0.4, 0.5) is 8.78 Å². The fraction of sp³-hybridized carbons (Fsp3) is 0.364. The summed E-state index contributed by atoms with van der Waals surface area (Å²) in [5.41, 5.74) is 4.19. The molecule has 6 heteroatoms. The minimum Gasteiger partial charge on any atom is -0.480 e. The van der Waals surface area contributed by atoms with Gasteiger partial charge in [0.25, 0.3) is 0 Å². The van der Waals surface area contributed by atoms with Gasteiger partial charge in [-0.15, -0.1) is 11.8 Å². The predicted octanol–water partition coefficient (Wildman–Crippen LogP) is 2.25. The number of benzene rings is 1. The molecule has 0 fully saturated rings. The van der Waals surface area contributed by atoms with Crippen molar-refractivity contribution in [3.05, 3.63) is 29.8 Å². The number of nitrogens with two attached hydrogens (primary N) is 1. The van der Waals surface area contributed by atoms with E-state index in [0.717, 1.165) is 23.9 Å². The van der Waals surface area contributed by atoms with Crippen LogP contribution in [-0.2, 0) is 4.79 Å². The summed E-state index contributed by atoms with van der Waals surface area (Å²) in [6, 6.07) is 3.27. The van der Waals surface area contributed by atoms with Crippen molar-refractivity contribution >= 4 is 17.7 Å². The average molecular weight is 261 g/mol. The second kappa shape index (κ2) is 5.46. The third kappa shape index (κ3) is 3.98. The zero-order valence-electron chi connectivity index (χ0n) is 9.24. The molecule has 0 saturated heterocycles. The molecule has 3 N–H and O–H groups in total. The second-order valence-corrected chi connectivity index (χ2v) is 5.03. The molecule has 0 heterocycles. The summed E-state index contributed by atoms with van der Waals surface area (Å²) in [6.45, 7) is 1.40. The molecule has 1 unspecified atom stereocenters. The normalized spacial score (nSPS) is 14.4. The highest BCUT2D eigenvalue weighted by atomic mass is 32.2. The van der Waals surface area contributed by atoms with Crippen LogP contribution in [-0.4, -0.2) is 22.4 Å². The molecule has 0 aliphatic carbocycles. The van der Waals surface area contributed by atoms with Crippen LogP contribution in [0, 0.1) is 11.6 Å². The van der Waals surface area contributed by atoms with Crippen LogP contribution in [0.3, 0.4) is 0 Å². The molecule has 0 radical (unpaired) electrons. The first-order chi connectivity index (χ1) is 7.83. The maximum absolute atomic E-state index is 13.2. The van der Waals surface area contributed by atoms with E-state index in [9.17, 15) is 13.6 Å². The molecular formula is C11H13F2NO2S. The highest BCUT2D eigenvalue weighted by molar-refractivity contribution is 7.99. The number of carbonyl (C=O) groups is 1. The van der Waals surface area contributed by atoms with Crippen molar-refractivity contribution in [2.45, 2.75) is 23.8 Å². The monoisotopic (exact) mass is 261 g/mol. The Morgan fingerprint density at radius 1 is 1.53 bits per heavy atom. The number of carboxylic acids is 1. The summed E-state index contributed by atoms with van der Waals surface area (Å²) in [5, 5.41) is 8.77. The third-order valence-corrected chi connectivity index (χ3v) is 3.31. The first kappa shape index (κ1) is 13.9. The van der Waals surface area contributed by atoms with E-state index in [-0.39, 0.29) is 11.3 Å². The van der Waals surface area contributed by atoms with E-state index >= 15 is 0 Å². The van der Waals surface area contributed by atoms with Gasteiger partial charge in [-0.3, -0.25) is 4.79 Å². The molecule has 1 aromatic rings. The van der Waals surface area contributed by atoms with Crippen molar-refractivity contribution in [1.29, 1.82) is 0 Å². The maximum atomic E-state index is 13.2. The highest BCUT2D eigenvalue weighted by Gasteiger charge is 2.27. The SMILES string of the molecule is CC(N)(CCSc1ccc(F)cc1F)C(=O)O. The molecule has 1 rings (SSSR count). The molecular weight excluding hydrogens is 248 g/mol. The van der Waals surface area contributed by atoms with E-state index in [2.05, 4.69) is 0 Å². The van der Waals surface area contributed by atoms with Gasteiger partial charge in [-0.2, -0.15) is 0 Å². The quantitative estimate of drug-likeness (QED) is 0.798. The van der Waals surface area contributed by atoms with Crippen molar-refractivity contribution in [2.75, 3.05) is 5.75 Å². The number of rotatable bonds is 5. The Balaban J connectivity index is 2.54. The minimum absolute atomic E-state index is 0.198. The van der Waals surface area contributed by atoms with Crippen LogP contribution in [0.1, 0.15) is 13.3 Å². The summed E-state index contributed by atoms with van der Waals surface area (Å²) in [5.74, 6) is -2.04. The molecule has 1 atom stereocenters. The van der Waals surface area contributed by atoms with Gasteiger partial charge in [-0.25, -0.2) is 8.78 Å². The lowest BCUT2D eigenvalue weighted by Crippen LogP contribution is -2.45. The number of carboxylic acid groups (broad SMARTS) is 1. The van der Waals surface area contributed by atoms with E-state index in [1.165, 1.54) is 13.0 Å². The van der Waals surface area contributed by atoms with Crippen molar-refractivity contribution in [1.82, 2.24) is 0 Å². The molecule has 17 heavy (non-hydrogen) atoms. The zero-order valence-corrected chi connectivity index (χ0v) is 10.1. The number of hydrogen-bond acceptors (Lipinski definition) is 3. The summed E-state index contributed by atoms with van der Waals surface area (Å²) in [6.07, 6.45) is 0.198. The van der Waals surface area contributed by atoms with Crippen molar-refractivity contribution < 1.29 is 18.7 Å². The molecule has 0 saturated carbocycles. The van der Waals surface area contributed by atoms with Crippen LogP contribution in [0.15, 0.2) is 23.1 Å². The largest absolute Gasteiger partial charge is 0.480 e. The Bertz CT molecular complexity index is 424. The molecule has 94 valence electrons. The minimum atomic E-state index is -1.33. The Hall–Kier alpha value is -1.14. The van der Waals surface area contributed by atoms with Gasteiger partial charge in [0.2, 0.25) is 0 Å². The van der Waals surface area contributed by atoms with Crippen LogP contribution < -0.4 is 5.73 Å². The van der Waals surface area contributed by atoms with Gasteiger partial charge < -0.3 is 10.8 Å². The number of thioether (sulfide) groups is 1. The van der Waals surface area contributed by atoms with E-state index in [0.29, 0.717) is 5.75 Å². The van der Waals surface area contributed by atoms with E-state index in [1.807, 2.05) is 0 Å². The molecule has 1 aromatic carbocycles. The molecule has 0 aliphatic rings. The third-order valence-electron chi connectivity index (χ3n) is 2.26. The van der Waals surface area contributed by atoms with Crippen molar-refractivity contribution in [3.63, 3.8) is 0 Å². The first-order valence-corrected chi connectivity index (χ1v) is 5.91. The Labute approximate surface area is 102 Å². The molecule has 3 nitrogen and oxygen atoms in total. The number of hydrogen-bond donors (Lipinski definition) is 2. The van der Waals surface area contributed by atoms with Gasteiger partial charge in [0.15, 0.2) is 0 Å². The molecule has 0 bridgehead atoms. The van der Waals surface area contributed by atoms with Gasteiger partial charge in [0, 0.05) is 16.7 Å². The Morgan fingerprint density at radius 3 is 2.71 bits per heavy atom. The average Bonchev–Trinajstić information content (AvgIpc) is 2.21. The highest BCUT2D eigenvalue weighted by Crippen LogP contribution is 2.24. The number of halogens is 2. The molecule has 0 aromatic heterocycles. The fourth-order valence-corrected chi connectivity index (χ4v) is 2.18. The Kier molecular flexibility index (Phi) is 4.47. The predicted molar refractivity (Wildman–Crippen MR) is 61.9 cm³/mol. The standard InChI is InChI=1S/C11H13F2NO2S/c1-11(14,10(15)16)4-5-17-9-3-2-7(12)6-8(9)13/h2-3,6H,4-5,14H2,1H3,(H,15,16). The van der Waals surface area contributed by atoms with Crippen molar-refractivity contribution in [3.8, 4) is 0 Å². The van der Waals surface area contributed by atoms with Crippen LogP contribution in [0.2, 0.25) is 0 Å². The molecule has 0 spiro atoms. The van der Waals surface area contributed by atoms with E-state index < -0.39 is 23.1 Å². The van der Waals surface area contributed by atoms with Gasteiger partial charge in [0.05, 0.1) is 0 Å². The van der Waals surface area contributed by atoms with Gasteiger partial charge in [-0.1, -0.05) is 0 Å². The van der Waals surface area contributed by atoms with Crippen LogP contribution >= 0.6 is 11.8 Å². The lowest BCUT2D eigenvalue weighted by Gasteiger charge is -2.18. The fourth-order valence-electron chi connectivity index (χ4n) is 1.07. The van der Waals surface area contributed by atoms with Crippen LogP contribution in [0.25, 0.3) is 0 Å². The second-order valence-electron chi connectivity index (χ2n) is 3.90. The Morgan fingerprint density at radius 2 is 2.18 bits per heavy atom. The lowest BCUT2D eigenvalue weighted by molar-refractivity contribution is -0.142. The summed E-state index contributed by atoms with van der Waals surface area (Å²) < 4.78 is 25.8. The molecule has 0 amide bonds. The summed E-state index contributed by atoms with van der Waals surface area (Å²) in [4.78, 5) is 11.0. The van der Waals surface area contributed by atoms with Gasteiger partial charge >= 0.3 is 5.97 Å². The molecule has 0 aliphatic heterocycles. The summed E-state index contributed by atoms with van der Waals surface area (Å²) >= 11 is 1.12. The van der Waals surface area contributed by atoms with Gasteiger partial charge in [0.1, 0.15) is 17.2 Å². The van der Waals surface area contributed by atoms with E-state index in [1.54, 1.807) is 0 Å². The van der Waals surface area contributed by atoms with Crippen LogP contribution in [0.5, 0.6) is 0 Å². The number of aliphatic carboxylic acids is 1. The van der Waals surface area contributed by atoms with Gasteiger partial charge in [-0.05, 0) is 25.5 Å². The topological polar surface area (TPSA) is 63.3 Å².